The summed E-state index contributed by atoms with van der Waals surface area (Å²) >= 11 is 0. The number of benzene rings is 2. The van der Waals surface area contributed by atoms with Crippen LogP contribution in [0.15, 0.2) is 48.5 Å². The number of anilines is 1. The van der Waals surface area contributed by atoms with Crippen molar-refractivity contribution in [2.45, 2.75) is 40.7 Å². The maximum atomic E-state index is 12.0. The Kier molecular flexibility index (Phi) is 5.78. The number of aryl methyl sites for hydroxylation is 1. The lowest BCUT2D eigenvalue weighted by molar-refractivity contribution is -0.118. The molecule has 1 amide bonds. The minimum Gasteiger partial charge on any atom is -0.460 e. The number of aromatic nitrogens is 3. The molecule has 6 heteroatoms. The van der Waals surface area contributed by atoms with Gasteiger partial charge in [0.1, 0.15) is 0 Å². The predicted octanol–water partition coefficient (Wildman–Crippen LogP) is 4.62. The van der Waals surface area contributed by atoms with Crippen LogP contribution in [0.25, 0.3) is 17.1 Å². The fourth-order valence-corrected chi connectivity index (χ4v) is 2.63. The molecule has 0 unspecified atom stereocenters. The van der Waals surface area contributed by atoms with Gasteiger partial charge in [0.2, 0.25) is 5.91 Å². The second-order valence-electron chi connectivity index (χ2n) is 7.36. The van der Waals surface area contributed by atoms with Crippen LogP contribution in [-0.4, -0.2) is 26.8 Å². The van der Waals surface area contributed by atoms with E-state index in [2.05, 4.69) is 15.4 Å². The van der Waals surface area contributed by atoms with Crippen LogP contribution in [0.5, 0.6) is 6.01 Å². The van der Waals surface area contributed by atoms with Crippen molar-refractivity contribution in [2.24, 2.45) is 5.92 Å². The third-order valence-electron chi connectivity index (χ3n) is 4.12. The number of hydrogen-bond donors (Lipinski definition) is 1. The van der Waals surface area contributed by atoms with E-state index in [1.807, 2.05) is 83.1 Å². The molecule has 0 aliphatic heterocycles. The second kappa shape index (κ2) is 8.25. The van der Waals surface area contributed by atoms with Crippen LogP contribution < -0.4 is 10.1 Å². The van der Waals surface area contributed by atoms with Crippen molar-refractivity contribution in [2.75, 3.05) is 5.32 Å². The third-order valence-corrected chi connectivity index (χ3v) is 4.12. The van der Waals surface area contributed by atoms with E-state index in [-0.39, 0.29) is 17.9 Å². The van der Waals surface area contributed by atoms with Crippen LogP contribution in [0.2, 0.25) is 0 Å². The van der Waals surface area contributed by atoms with Crippen LogP contribution in [0.1, 0.15) is 33.3 Å². The lowest BCUT2D eigenvalue weighted by Gasteiger charge is -2.10. The number of nitrogens with zero attached hydrogens (tertiary/aromatic N) is 3. The molecule has 6 nitrogen and oxygen atoms in total. The number of ether oxygens (including phenoxy) is 1. The zero-order valence-corrected chi connectivity index (χ0v) is 16.9. The minimum absolute atomic E-state index is 0.0293. The maximum Gasteiger partial charge on any atom is 0.336 e. The zero-order chi connectivity index (χ0) is 20.3. The highest BCUT2D eigenvalue weighted by molar-refractivity contribution is 5.92. The Hall–Kier alpha value is -3.15. The van der Waals surface area contributed by atoms with Gasteiger partial charge in [-0.15, -0.1) is 5.10 Å². The topological polar surface area (TPSA) is 69.0 Å². The van der Waals surface area contributed by atoms with Gasteiger partial charge in [-0.2, -0.15) is 4.98 Å². The molecule has 0 aliphatic carbocycles. The average molecular weight is 378 g/mol. The number of carbonyl (C=O) groups excluding carboxylic acids is 1. The molecule has 0 saturated heterocycles. The number of carbonyl (C=O) groups is 1. The molecule has 1 N–H and O–H groups in total. The molecule has 1 aromatic heterocycles. The molecule has 0 radical (unpaired) electrons. The fourth-order valence-electron chi connectivity index (χ4n) is 2.63. The summed E-state index contributed by atoms with van der Waals surface area (Å²) in [6, 6.07) is 16.0. The number of nitrogens with one attached hydrogen (secondary N) is 1. The fraction of sp³-hybridized carbons (Fsp3) is 0.318. The van der Waals surface area contributed by atoms with Gasteiger partial charge in [0.15, 0.2) is 5.82 Å². The molecule has 3 aromatic rings. The van der Waals surface area contributed by atoms with Gasteiger partial charge < -0.3 is 10.1 Å². The molecule has 0 aliphatic rings. The molecule has 0 saturated carbocycles. The Bertz CT molecular complexity index is 959. The summed E-state index contributed by atoms with van der Waals surface area (Å²) in [7, 11) is 0. The van der Waals surface area contributed by atoms with Gasteiger partial charge in [-0.1, -0.05) is 49.7 Å². The van der Waals surface area contributed by atoms with Crippen LogP contribution in [0.4, 0.5) is 5.69 Å². The largest absolute Gasteiger partial charge is 0.460 e. The first kappa shape index (κ1) is 19.6. The van der Waals surface area contributed by atoms with Crippen molar-refractivity contribution in [3.05, 3.63) is 54.1 Å². The summed E-state index contributed by atoms with van der Waals surface area (Å²) in [5.41, 5.74) is 3.62. The van der Waals surface area contributed by atoms with E-state index in [0.717, 1.165) is 11.3 Å². The molecule has 0 spiro atoms. The van der Waals surface area contributed by atoms with E-state index in [1.54, 1.807) is 4.68 Å². The quantitative estimate of drug-likeness (QED) is 0.679. The van der Waals surface area contributed by atoms with Crippen LogP contribution in [0, 0.1) is 12.8 Å². The molecule has 0 fully saturated rings. The van der Waals surface area contributed by atoms with Crippen molar-refractivity contribution in [3.63, 3.8) is 0 Å². The summed E-state index contributed by atoms with van der Waals surface area (Å²) in [5.74, 6) is 0.561. The summed E-state index contributed by atoms with van der Waals surface area (Å²) in [6.45, 7) is 9.65. The van der Waals surface area contributed by atoms with Gasteiger partial charge in [0.05, 0.1) is 11.8 Å². The molecule has 3 rings (SSSR count). The standard InChI is InChI=1S/C22H26N4O2/c1-14(2)21(27)23-18-7-6-8-19(13-18)26-20(17-11-9-16(5)10-12-17)24-22(25-26)28-15(3)4/h6-15H,1-5H3,(H,23,27). The van der Waals surface area contributed by atoms with E-state index >= 15 is 0 Å². The highest BCUT2D eigenvalue weighted by atomic mass is 16.5. The van der Waals surface area contributed by atoms with Crippen molar-refractivity contribution in [1.29, 1.82) is 0 Å². The number of hydrogen-bond acceptors (Lipinski definition) is 4. The molecule has 146 valence electrons. The summed E-state index contributed by atoms with van der Waals surface area (Å²) in [5, 5.41) is 7.47. The van der Waals surface area contributed by atoms with E-state index in [4.69, 9.17) is 4.74 Å². The zero-order valence-electron chi connectivity index (χ0n) is 16.9. The monoisotopic (exact) mass is 378 g/mol. The van der Waals surface area contributed by atoms with E-state index in [1.165, 1.54) is 5.56 Å². The van der Waals surface area contributed by atoms with Gasteiger partial charge >= 0.3 is 6.01 Å². The molecular weight excluding hydrogens is 352 g/mol. The first-order valence-electron chi connectivity index (χ1n) is 9.45. The van der Waals surface area contributed by atoms with E-state index in [0.29, 0.717) is 17.5 Å². The first-order chi connectivity index (χ1) is 13.3. The Balaban J connectivity index is 2.03. The summed E-state index contributed by atoms with van der Waals surface area (Å²) in [4.78, 5) is 16.6. The Morgan fingerprint density at radius 1 is 1.07 bits per heavy atom. The van der Waals surface area contributed by atoms with Crippen LogP contribution in [-0.2, 0) is 4.79 Å². The van der Waals surface area contributed by atoms with Crippen molar-refractivity contribution < 1.29 is 9.53 Å². The van der Waals surface area contributed by atoms with E-state index in [9.17, 15) is 4.79 Å². The maximum absolute atomic E-state index is 12.0. The van der Waals surface area contributed by atoms with Gasteiger partial charge in [0.25, 0.3) is 0 Å². The van der Waals surface area contributed by atoms with Crippen LogP contribution in [0.3, 0.4) is 0 Å². The molecule has 0 atom stereocenters. The molecule has 2 aromatic carbocycles. The molecule has 1 heterocycles. The van der Waals surface area contributed by atoms with Crippen molar-refractivity contribution >= 4 is 11.6 Å². The summed E-state index contributed by atoms with van der Waals surface area (Å²) < 4.78 is 7.46. The van der Waals surface area contributed by atoms with Gasteiger partial charge in [-0.3, -0.25) is 4.79 Å². The third kappa shape index (κ3) is 4.57. The minimum atomic E-state index is -0.0933. The number of rotatable bonds is 6. The molecular formula is C22H26N4O2. The Morgan fingerprint density at radius 2 is 1.79 bits per heavy atom. The van der Waals surface area contributed by atoms with Gasteiger partial charge in [0, 0.05) is 17.2 Å². The highest BCUT2D eigenvalue weighted by Gasteiger charge is 2.16. The highest BCUT2D eigenvalue weighted by Crippen LogP contribution is 2.25. The van der Waals surface area contributed by atoms with Crippen LogP contribution >= 0.6 is 0 Å². The number of amides is 1. The van der Waals surface area contributed by atoms with Gasteiger partial charge in [-0.05, 0) is 39.0 Å². The van der Waals surface area contributed by atoms with Crippen molar-refractivity contribution in [1.82, 2.24) is 14.8 Å². The smallest absolute Gasteiger partial charge is 0.336 e. The average Bonchev–Trinajstić information content (AvgIpc) is 3.05. The second-order valence-corrected chi connectivity index (χ2v) is 7.36. The predicted molar refractivity (Wildman–Crippen MR) is 111 cm³/mol. The summed E-state index contributed by atoms with van der Waals surface area (Å²) in [6.07, 6.45) is -0.0293. The first-order valence-corrected chi connectivity index (χ1v) is 9.45. The Labute approximate surface area is 165 Å². The van der Waals surface area contributed by atoms with Crippen molar-refractivity contribution in [3.8, 4) is 23.1 Å². The molecule has 28 heavy (non-hydrogen) atoms. The molecule has 0 bridgehead atoms. The lowest BCUT2D eigenvalue weighted by atomic mass is 10.1. The van der Waals surface area contributed by atoms with E-state index < -0.39 is 0 Å². The lowest BCUT2D eigenvalue weighted by Crippen LogP contribution is -2.17. The van der Waals surface area contributed by atoms with Gasteiger partial charge in [-0.25, -0.2) is 4.68 Å². The normalized spacial score (nSPS) is 11.1. The SMILES string of the molecule is Cc1ccc(-c2nc(OC(C)C)nn2-c2cccc(NC(=O)C(C)C)c2)cc1. The Morgan fingerprint density at radius 3 is 2.43 bits per heavy atom.